The number of hydrogen-bond acceptors (Lipinski definition) is 1. The zero-order valence-corrected chi connectivity index (χ0v) is 10.1. The lowest BCUT2D eigenvalue weighted by molar-refractivity contribution is -0.131. The van der Waals surface area contributed by atoms with Gasteiger partial charge in [-0.05, 0) is 25.0 Å². The molecule has 2 nitrogen and oxygen atoms in total. The van der Waals surface area contributed by atoms with Gasteiger partial charge in [0.2, 0.25) is 5.91 Å². The second kappa shape index (κ2) is 5.00. The monoisotopic (exact) mass is 227 g/mol. The highest BCUT2D eigenvalue weighted by atomic mass is 16.2. The molecule has 17 heavy (non-hydrogen) atoms. The Hall–Kier alpha value is -1.83. The second-order valence-electron chi connectivity index (χ2n) is 4.22. The summed E-state index contributed by atoms with van der Waals surface area (Å²) in [4.78, 5) is 13.9. The molecule has 1 amide bonds. The van der Waals surface area contributed by atoms with E-state index < -0.39 is 0 Å². The number of amides is 1. The second-order valence-corrected chi connectivity index (χ2v) is 4.22. The molecule has 88 valence electrons. The quantitative estimate of drug-likeness (QED) is 0.774. The molecule has 0 aliphatic carbocycles. The van der Waals surface area contributed by atoms with Crippen molar-refractivity contribution in [3.8, 4) is 0 Å². The van der Waals surface area contributed by atoms with Gasteiger partial charge in [0, 0.05) is 12.1 Å². The number of allylic oxidation sites excluding steroid dienone is 2. The lowest BCUT2D eigenvalue weighted by atomic mass is 10.0. The molecule has 1 aliphatic rings. The Morgan fingerprint density at radius 3 is 2.71 bits per heavy atom. The van der Waals surface area contributed by atoms with Crippen LogP contribution in [0.3, 0.4) is 0 Å². The van der Waals surface area contributed by atoms with Gasteiger partial charge in [-0.1, -0.05) is 43.0 Å². The van der Waals surface area contributed by atoms with Crippen LogP contribution in [0.4, 0.5) is 0 Å². The highest BCUT2D eigenvalue weighted by Crippen LogP contribution is 2.28. The molecule has 1 aromatic rings. The molecule has 1 aromatic carbocycles. The summed E-state index contributed by atoms with van der Waals surface area (Å²) in [6.07, 6.45) is 5.25. The molecular weight excluding hydrogens is 210 g/mol. The minimum atomic E-state index is 0.0632. The molecule has 1 aliphatic heterocycles. The van der Waals surface area contributed by atoms with Crippen LogP contribution in [-0.2, 0) is 4.79 Å². The molecule has 0 N–H and O–H groups in total. The molecule has 1 heterocycles. The van der Waals surface area contributed by atoms with Crippen LogP contribution in [0.2, 0.25) is 0 Å². The van der Waals surface area contributed by atoms with E-state index in [9.17, 15) is 4.79 Å². The lowest BCUT2D eigenvalue weighted by Crippen LogP contribution is -2.34. The van der Waals surface area contributed by atoms with Crippen molar-refractivity contribution in [1.29, 1.82) is 0 Å². The number of rotatable bonds is 3. The number of nitrogens with zero attached hydrogens (tertiary/aromatic N) is 1. The van der Waals surface area contributed by atoms with Gasteiger partial charge in [0.05, 0.1) is 6.04 Å². The molecule has 0 saturated heterocycles. The van der Waals surface area contributed by atoms with Crippen molar-refractivity contribution in [3.05, 3.63) is 60.3 Å². The number of hydrogen-bond donors (Lipinski definition) is 0. The average Bonchev–Trinajstić information content (AvgIpc) is 2.38. The third kappa shape index (κ3) is 2.31. The Morgan fingerprint density at radius 2 is 2.06 bits per heavy atom. The van der Waals surface area contributed by atoms with E-state index in [1.54, 1.807) is 6.08 Å². The number of carbonyl (C=O) groups is 1. The maximum Gasteiger partial charge on any atom is 0.227 e. The predicted octanol–water partition coefficient (Wildman–Crippen LogP) is 3.44. The maximum atomic E-state index is 12.0. The van der Waals surface area contributed by atoms with Gasteiger partial charge in [-0.15, -0.1) is 0 Å². The first-order valence-electron chi connectivity index (χ1n) is 5.93. The van der Waals surface area contributed by atoms with E-state index in [4.69, 9.17) is 0 Å². The summed E-state index contributed by atoms with van der Waals surface area (Å²) in [5.41, 5.74) is 2.08. The first-order chi connectivity index (χ1) is 8.24. The van der Waals surface area contributed by atoms with Crippen LogP contribution in [0.5, 0.6) is 0 Å². The first kappa shape index (κ1) is 11.6. The van der Waals surface area contributed by atoms with Crippen molar-refractivity contribution in [1.82, 2.24) is 4.90 Å². The minimum Gasteiger partial charge on any atom is -0.306 e. The van der Waals surface area contributed by atoms with Crippen molar-refractivity contribution in [2.75, 3.05) is 0 Å². The fourth-order valence-electron chi connectivity index (χ4n) is 2.21. The van der Waals surface area contributed by atoms with Gasteiger partial charge in [0.1, 0.15) is 0 Å². The van der Waals surface area contributed by atoms with Gasteiger partial charge in [-0.2, -0.15) is 0 Å². The molecule has 0 fully saturated rings. The SMILES string of the molecule is C=CC1=CCCC(=O)N1[C@H](C)c1ccccc1. The normalized spacial score (nSPS) is 17.6. The zero-order chi connectivity index (χ0) is 12.3. The first-order valence-corrected chi connectivity index (χ1v) is 5.93. The summed E-state index contributed by atoms with van der Waals surface area (Å²) in [6, 6.07) is 10.1. The molecule has 2 heteroatoms. The standard InChI is InChI=1S/C15H17NO/c1-3-14-10-7-11-15(17)16(14)12(2)13-8-5-4-6-9-13/h3-6,8-10,12H,1,7,11H2,2H3/t12-/m1/s1. The Kier molecular flexibility index (Phi) is 3.43. The van der Waals surface area contributed by atoms with Crippen LogP contribution < -0.4 is 0 Å². The van der Waals surface area contributed by atoms with E-state index in [-0.39, 0.29) is 11.9 Å². The van der Waals surface area contributed by atoms with Crippen LogP contribution in [0.15, 0.2) is 54.8 Å². The molecule has 2 rings (SSSR count). The summed E-state index contributed by atoms with van der Waals surface area (Å²) >= 11 is 0. The van der Waals surface area contributed by atoms with Crippen molar-refractivity contribution >= 4 is 5.91 Å². The molecule has 0 unspecified atom stereocenters. The van der Waals surface area contributed by atoms with E-state index in [0.29, 0.717) is 6.42 Å². The van der Waals surface area contributed by atoms with Crippen molar-refractivity contribution in [2.45, 2.75) is 25.8 Å². The Morgan fingerprint density at radius 1 is 1.35 bits per heavy atom. The van der Waals surface area contributed by atoms with Crippen molar-refractivity contribution < 1.29 is 4.79 Å². The third-order valence-electron chi connectivity index (χ3n) is 3.14. The van der Waals surface area contributed by atoms with E-state index >= 15 is 0 Å². The summed E-state index contributed by atoms with van der Waals surface area (Å²) in [7, 11) is 0. The Bertz CT molecular complexity index is 447. The van der Waals surface area contributed by atoms with Crippen LogP contribution in [-0.4, -0.2) is 10.8 Å². The topological polar surface area (TPSA) is 20.3 Å². The van der Waals surface area contributed by atoms with E-state index in [0.717, 1.165) is 17.7 Å². The molecule has 0 spiro atoms. The molecule has 1 atom stereocenters. The van der Waals surface area contributed by atoms with Crippen LogP contribution >= 0.6 is 0 Å². The summed E-state index contributed by atoms with van der Waals surface area (Å²) < 4.78 is 0. The van der Waals surface area contributed by atoms with Gasteiger partial charge in [-0.3, -0.25) is 4.79 Å². The molecule has 0 radical (unpaired) electrons. The highest BCUT2D eigenvalue weighted by molar-refractivity contribution is 5.80. The Labute approximate surface area is 102 Å². The number of benzene rings is 1. The average molecular weight is 227 g/mol. The molecule has 0 saturated carbocycles. The van der Waals surface area contributed by atoms with Crippen LogP contribution in [0.25, 0.3) is 0 Å². The maximum absolute atomic E-state index is 12.0. The van der Waals surface area contributed by atoms with E-state index in [1.165, 1.54) is 0 Å². The molecule has 0 bridgehead atoms. The van der Waals surface area contributed by atoms with Crippen molar-refractivity contribution in [3.63, 3.8) is 0 Å². The zero-order valence-electron chi connectivity index (χ0n) is 10.1. The van der Waals surface area contributed by atoms with Crippen molar-refractivity contribution in [2.24, 2.45) is 0 Å². The minimum absolute atomic E-state index is 0.0632. The van der Waals surface area contributed by atoms with Crippen LogP contribution in [0, 0.1) is 0 Å². The Balaban J connectivity index is 2.31. The van der Waals surface area contributed by atoms with Gasteiger partial charge in [-0.25, -0.2) is 0 Å². The van der Waals surface area contributed by atoms with Crippen LogP contribution in [0.1, 0.15) is 31.4 Å². The van der Waals surface area contributed by atoms with E-state index in [1.807, 2.05) is 35.2 Å². The van der Waals surface area contributed by atoms with E-state index in [2.05, 4.69) is 19.6 Å². The third-order valence-corrected chi connectivity index (χ3v) is 3.14. The summed E-state index contributed by atoms with van der Waals surface area (Å²) in [5.74, 6) is 0.179. The number of carbonyl (C=O) groups excluding carboxylic acids is 1. The van der Waals surface area contributed by atoms with Gasteiger partial charge < -0.3 is 4.90 Å². The molecule has 0 aromatic heterocycles. The summed E-state index contributed by atoms with van der Waals surface area (Å²) in [6.45, 7) is 5.83. The largest absolute Gasteiger partial charge is 0.306 e. The fraction of sp³-hybridized carbons (Fsp3) is 0.267. The fourth-order valence-corrected chi connectivity index (χ4v) is 2.21. The van der Waals surface area contributed by atoms with Gasteiger partial charge in [0.25, 0.3) is 0 Å². The van der Waals surface area contributed by atoms with Gasteiger partial charge in [0.15, 0.2) is 0 Å². The summed E-state index contributed by atoms with van der Waals surface area (Å²) in [5, 5.41) is 0. The predicted molar refractivity (Wildman–Crippen MR) is 69.2 cm³/mol. The molecular formula is C15H17NO. The highest BCUT2D eigenvalue weighted by Gasteiger charge is 2.25. The smallest absolute Gasteiger partial charge is 0.227 e. The lowest BCUT2D eigenvalue weighted by Gasteiger charge is -2.33. The van der Waals surface area contributed by atoms with Gasteiger partial charge >= 0.3 is 0 Å².